The fraction of sp³-hybridized carbons (Fsp3) is 0.647. The van der Waals surface area contributed by atoms with E-state index in [2.05, 4.69) is 11.9 Å². The topological polar surface area (TPSA) is 66.8 Å². The highest BCUT2D eigenvalue weighted by molar-refractivity contribution is 7.81. The van der Waals surface area contributed by atoms with E-state index in [1.165, 1.54) is 36.8 Å². The number of benzene rings is 1. The van der Waals surface area contributed by atoms with Gasteiger partial charge in [0, 0.05) is 11.5 Å². The molecule has 2 fully saturated rings. The fourth-order valence-corrected chi connectivity index (χ4v) is 5.70. The third kappa shape index (κ3) is 2.47. The van der Waals surface area contributed by atoms with Gasteiger partial charge in [0.05, 0.1) is 0 Å². The Morgan fingerprint density at radius 2 is 2.13 bits per heavy atom. The summed E-state index contributed by atoms with van der Waals surface area (Å²) in [7, 11) is -2.25. The first-order valence-corrected chi connectivity index (χ1v) is 9.76. The highest BCUT2D eigenvalue weighted by Crippen LogP contribution is 2.55. The van der Waals surface area contributed by atoms with E-state index in [1.807, 2.05) is 12.1 Å². The second kappa shape index (κ2) is 5.19. The Kier molecular flexibility index (Phi) is 3.48. The molecule has 2 bridgehead atoms. The van der Waals surface area contributed by atoms with Gasteiger partial charge in [-0.15, -0.1) is 0 Å². The Morgan fingerprint density at radius 3 is 2.91 bits per heavy atom. The molecular formula is C17H23NO4S. The second-order valence-corrected chi connectivity index (χ2v) is 8.36. The van der Waals surface area contributed by atoms with Crippen molar-refractivity contribution in [2.24, 2.45) is 5.92 Å². The van der Waals surface area contributed by atoms with E-state index in [0.29, 0.717) is 12.0 Å². The molecule has 3 aliphatic rings. The Labute approximate surface area is 137 Å². The van der Waals surface area contributed by atoms with Gasteiger partial charge in [0.25, 0.3) is 0 Å². The molecule has 126 valence electrons. The molecule has 0 unspecified atom stereocenters. The number of likely N-dealkylation sites (N-methyl/N-ethyl adjacent to an activating group) is 1. The number of likely N-dealkylation sites (tertiary alicyclic amines) is 1. The molecule has 1 aromatic rings. The van der Waals surface area contributed by atoms with Gasteiger partial charge in [0.1, 0.15) is 5.75 Å². The molecule has 0 radical (unpaired) electrons. The van der Waals surface area contributed by atoms with Crippen LogP contribution in [-0.2, 0) is 22.2 Å². The Hall–Kier alpha value is -1.11. The molecule has 1 saturated heterocycles. The average Bonchev–Trinajstić information content (AvgIpc) is 2.50. The second-order valence-electron chi connectivity index (χ2n) is 7.34. The zero-order valence-corrected chi connectivity index (χ0v) is 14.2. The summed E-state index contributed by atoms with van der Waals surface area (Å²) >= 11 is 0. The largest absolute Gasteiger partial charge is 0.446 e. The van der Waals surface area contributed by atoms with E-state index in [0.717, 1.165) is 19.4 Å². The summed E-state index contributed by atoms with van der Waals surface area (Å²) in [5, 5.41) is 0. The lowest BCUT2D eigenvalue weighted by Gasteiger charge is -2.58. The summed E-state index contributed by atoms with van der Waals surface area (Å²) in [4.78, 5) is 2.50. The maximum Gasteiger partial charge on any atom is 0.446 e. The average molecular weight is 337 g/mol. The summed E-state index contributed by atoms with van der Waals surface area (Å²) in [6, 6.07) is 6.09. The zero-order valence-electron chi connectivity index (χ0n) is 13.4. The van der Waals surface area contributed by atoms with Crippen LogP contribution in [0.3, 0.4) is 0 Å². The lowest BCUT2D eigenvalue weighted by atomic mass is 9.52. The summed E-state index contributed by atoms with van der Waals surface area (Å²) in [5.41, 5.74) is 2.72. The van der Waals surface area contributed by atoms with Gasteiger partial charge in [-0.25, -0.2) is 0 Å². The van der Waals surface area contributed by atoms with Crippen LogP contribution >= 0.6 is 0 Å². The van der Waals surface area contributed by atoms with Gasteiger partial charge in [-0.05, 0) is 68.5 Å². The van der Waals surface area contributed by atoms with Crippen LogP contribution in [0.2, 0.25) is 0 Å². The molecule has 6 heteroatoms. The van der Waals surface area contributed by atoms with Crippen molar-refractivity contribution in [1.82, 2.24) is 4.90 Å². The highest BCUT2D eigenvalue weighted by atomic mass is 32.3. The summed E-state index contributed by atoms with van der Waals surface area (Å²) in [6.45, 7) is 1.09. The lowest BCUT2D eigenvalue weighted by molar-refractivity contribution is 0.00278. The number of hydrogen-bond acceptors (Lipinski definition) is 4. The van der Waals surface area contributed by atoms with Crippen LogP contribution < -0.4 is 4.18 Å². The molecular weight excluding hydrogens is 314 g/mol. The van der Waals surface area contributed by atoms with Crippen LogP contribution in [-0.4, -0.2) is 37.5 Å². The number of hydrogen-bond donors (Lipinski definition) is 1. The van der Waals surface area contributed by atoms with Gasteiger partial charge in [-0.2, -0.15) is 8.42 Å². The first-order valence-electron chi connectivity index (χ1n) is 8.40. The molecule has 1 aliphatic heterocycles. The van der Waals surface area contributed by atoms with Crippen molar-refractivity contribution in [1.29, 1.82) is 0 Å². The molecule has 1 saturated carbocycles. The molecule has 1 heterocycles. The van der Waals surface area contributed by atoms with Gasteiger partial charge in [-0.1, -0.05) is 18.9 Å². The van der Waals surface area contributed by atoms with Crippen LogP contribution in [0.15, 0.2) is 18.2 Å². The predicted molar refractivity (Wildman–Crippen MR) is 87.0 cm³/mol. The predicted octanol–water partition coefficient (Wildman–Crippen LogP) is 2.56. The van der Waals surface area contributed by atoms with Gasteiger partial charge in [0.2, 0.25) is 0 Å². The molecule has 0 amide bonds. The van der Waals surface area contributed by atoms with E-state index in [1.54, 1.807) is 6.07 Å². The normalized spacial score (nSPS) is 33.7. The zero-order chi connectivity index (χ0) is 16.2. The summed E-state index contributed by atoms with van der Waals surface area (Å²) in [5.74, 6) is 0.866. The van der Waals surface area contributed by atoms with Crippen molar-refractivity contribution in [2.45, 2.75) is 50.0 Å². The third-order valence-corrected chi connectivity index (χ3v) is 6.69. The van der Waals surface area contributed by atoms with Gasteiger partial charge >= 0.3 is 10.4 Å². The fourth-order valence-electron chi connectivity index (χ4n) is 5.35. The van der Waals surface area contributed by atoms with Gasteiger partial charge in [0.15, 0.2) is 0 Å². The van der Waals surface area contributed by atoms with E-state index in [9.17, 15) is 8.42 Å². The minimum Gasteiger partial charge on any atom is -0.362 e. The lowest BCUT2D eigenvalue weighted by Crippen LogP contribution is -2.59. The van der Waals surface area contributed by atoms with Crippen molar-refractivity contribution < 1.29 is 17.2 Å². The Balaban J connectivity index is 1.82. The monoisotopic (exact) mass is 337 g/mol. The van der Waals surface area contributed by atoms with Gasteiger partial charge < -0.3 is 9.08 Å². The highest BCUT2D eigenvalue weighted by Gasteiger charge is 2.53. The van der Waals surface area contributed by atoms with Crippen molar-refractivity contribution >= 4 is 10.4 Å². The number of piperidine rings is 1. The van der Waals surface area contributed by atoms with Crippen molar-refractivity contribution in [3.8, 4) is 5.75 Å². The Morgan fingerprint density at radius 1 is 1.30 bits per heavy atom. The van der Waals surface area contributed by atoms with E-state index >= 15 is 0 Å². The van der Waals surface area contributed by atoms with Crippen LogP contribution in [0.4, 0.5) is 0 Å². The molecule has 0 aromatic heterocycles. The molecule has 1 aromatic carbocycles. The molecule has 4 rings (SSSR count). The standard InChI is InChI=1S/C17H23NO4S/c1-18-9-8-17-7-3-2-4-14(17)16(18)10-12-5-6-13(11-15(12)17)22-23(19,20)21/h5-6,11,14,16H,2-4,7-10H2,1H3,(H,19,20,21)/t14-,16+,17+/m1/s1. The first kappa shape index (κ1) is 15.4. The third-order valence-electron chi connectivity index (χ3n) is 6.29. The molecule has 0 spiro atoms. The number of rotatable bonds is 2. The minimum atomic E-state index is -4.47. The molecule has 1 N–H and O–H groups in total. The van der Waals surface area contributed by atoms with Crippen molar-refractivity contribution in [3.05, 3.63) is 29.3 Å². The molecule has 2 aliphatic carbocycles. The number of fused-ring (bicyclic) bond motifs is 1. The summed E-state index contributed by atoms with van der Waals surface area (Å²) < 4.78 is 35.7. The van der Waals surface area contributed by atoms with E-state index < -0.39 is 10.4 Å². The van der Waals surface area contributed by atoms with Crippen molar-refractivity contribution in [3.63, 3.8) is 0 Å². The maximum absolute atomic E-state index is 11.0. The maximum atomic E-state index is 11.0. The van der Waals surface area contributed by atoms with E-state index in [-0.39, 0.29) is 11.2 Å². The minimum absolute atomic E-state index is 0.154. The summed E-state index contributed by atoms with van der Waals surface area (Å²) in [6.07, 6.45) is 7.07. The first-order chi connectivity index (χ1) is 10.9. The smallest absolute Gasteiger partial charge is 0.362 e. The molecule has 3 atom stereocenters. The van der Waals surface area contributed by atoms with Crippen molar-refractivity contribution in [2.75, 3.05) is 13.6 Å². The van der Waals surface area contributed by atoms with Crippen LogP contribution in [0.25, 0.3) is 0 Å². The Bertz CT molecular complexity index is 732. The molecule has 23 heavy (non-hydrogen) atoms. The van der Waals surface area contributed by atoms with Crippen LogP contribution in [0.5, 0.6) is 5.75 Å². The molecule has 5 nitrogen and oxygen atoms in total. The van der Waals surface area contributed by atoms with E-state index in [4.69, 9.17) is 8.74 Å². The van der Waals surface area contributed by atoms with Crippen LogP contribution in [0.1, 0.15) is 43.2 Å². The van der Waals surface area contributed by atoms with Gasteiger partial charge in [-0.3, -0.25) is 4.55 Å². The quantitative estimate of drug-likeness (QED) is 0.840. The SMILES string of the molecule is CN1CC[C@@]23CCCC[C@@H]2[C@@H]1Cc1ccc(OS(=O)(=O)O)cc13. The number of nitrogens with zero attached hydrogens (tertiary/aromatic N) is 1. The van der Waals surface area contributed by atoms with Crippen LogP contribution in [0, 0.1) is 5.92 Å².